The van der Waals surface area contributed by atoms with Gasteiger partial charge in [0.1, 0.15) is 5.82 Å². The Labute approximate surface area is 182 Å². The molecule has 1 aromatic heterocycles. The van der Waals surface area contributed by atoms with Crippen molar-refractivity contribution in [3.63, 3.8) is 0 Å². The second kappa shape index (κ2) is 12.6. The molecule has 0 spiro atoms. The molecule has 1 aromatic rings. The summed E-state index contributed by atoms with van der Waals surface area (Å²) in [6.45, 7) is 9.71. The van der Waals surface area contributed by atoms with Gasteiger partial charge in [0, 0.05) is 43.7 Å². The fourth-order valence-electron chi connectivity index (χ4n) is 3.35. The van der Waals surface area contributed by atoms with Crippen LogP contribution in [0.3, 0.4) is 0 Å². The number of piperidine rings is 1. The summed E-state index contributed by atoms with van der Waals surface area (Å²) < 4.78 is 6.65. The molecule has 0 radical (unpaired) electrons. The van der Waals surface area contributed by atoms with Crippen LogP contribution in [-0.2, 0) is 11.3 Å². The molecule has 0 saturated carbocycles. The summed E-state index contributed by atoms with van der Waals surface area (Å²) in [4.78, 5) is 23.7. The predicted octanol–water partition coefficient (Wildman–Crippen LogP) is 2.28. The van der Waals surface area contributed by atoms with E-state index in [0.29, 0.717) is 43.9 Å². The maximum absolute atomic E-state index is 12.8. The van der Waals surface area contributed by atoms with E-state index in [1.54, 1.807) is 6.08 Å². The van der Waals surface area contributed by atoms with Crippen LogP contribution in [0.5, 0.6) is 0 Å². The van der Waals surface area contributed by atoms with Crippen molar-refractivity contribution in [1.82, 2.24) is 19.9 Å². The Balaban J connectivity index is 2.27. The lowest BCUT2D eigenvalue weighted by molar-refractivity contribution is -0.123. The van der Waals surface area contributed by atoms with E-state index in [1.807, 2.05) is 37.0 Å². The summed E-state index contributed by atoms with van der Waals surface area (Å²) in [7, 11) is 0. The zero-order chi connectivity index (χ0) is 21.9. The van der Waals surface area contributed by atoms with E-state index in [4.69, 9.17) is 21.3 Å². The van der Waals surface area contributed by atoms with Gasteiger partial charge in [0.05, 0.1) is 0 Å². The number of nitrogens with zero attached hydrogens (tertiary/aromatic N) is 4. The average molecular weight is 438 g/mol. The lowest BCUT2D eigenvalue weighted by Crippen LogP contribution is -2.48. The van der Waals surface area contributed by atoms with Gasteiger partial charge in [-0.3, -0.25) is 9.88 Å². The van der Waals surface area contributed by atoms with E-state index in [-0.39, 0.29) is 11.7 Å². The molecular weight excluding hydrogens is 406 g/mol. The fourth-order valence-corrected chi connectivity index (χ4v) is 3.44. The van der Waals surface area contributed by atoms with Gasteiger partial charge in [-0.05, 0) is 26.2 Å². The number of allylic oxidation sites excluding steroid dienone is 5. The van der Waals surface area contributed by atoms with Crippen molar-refractivity contribution < 1.29 is 9.84 Å². The number of aromatic nitrogens is 3. The number of alkyl halides is 1. The van der Waals surface area contributed by atoms with Crippen molar-refractivity contribution in [2.45, 2.75) is 52.1 Å². The molecule has 1 atom stereocenters. The summed E-state index contributed by atoms with van der Waals surface area (Å²) in [5, 5.41) is 12.8. The molecule has 1 aliphatic rings. The lowest BCUT2D eigenvalue weighted by Gasteiger charge is -2.33. The van der Waals surface area contributed by atoms with Crippen molar-refractivity contribution >= 4 is 23.1 Å². The quantitative estimate of drug-likeness (QED) is 0.237. The van der Waals surface area contributed by atoms with Gasteiger partial charge >= 0.3 is 5.69 Å². The first kappa shape index (κ1) is 24.3. The van der Waals surface area contributed by atoms with Crippen LogP contribution in [0, 0.1) is 0 Å². The maximum atomic E-state index is 12.8. The number of halogens is 1. The van der Waals surface area contributed by atoms with E-state index in [2.05, 4.69) is 16.9 Å². The van der Waals surface area contributed by atoms with E-state index in [1.165, 1.54) is 4.57 Å². The molecule has 0 aliphatic carbocycles. The highest BCUT2D eigenvalue weighted by Crippen LogP contribution is 2.20. The third-order valence-electron chi connectivity index (χ3n) is 4.75. The highest BCUT2D eigenvalue weighted by molar-refractivity contribution is 6.19. The molecule has 0 aromatic carbocycles. The minimum atomic E-state index is -0.965. The maximum Gasteiger partial charge on any atom is 0.352 e. The standard InChI is InChI=1S/C21H32ClN5O3/c1-4-8-16(9-7-12-22)18-24-19(25-20(28)27(18)13-5-2)26-14-10-17(11-15-26)23-21(29)30-6-3/h5,7-9,17,21,23,29H,2,4,6,10-15H2,1,3H3/b9-7-,16-8+. The minimum absolute atomic E-state index is 0.130. The van der Waals surface area contributed by atoms with Gasteiger partial charge in [0.2, 0.25) is 12.4 Å². The van der Waals surface area contributed by atoms with Crippen LogP contribution in [0.4, 0.5) is 5.95 Å². The van der Waals surface area contributed by atoms with E-state index < -0.39 is 6.41 Å². The summed E-state index contributed by atoms with van der Waals surface area (Å²) in [5.41, 5.74) is 0.473. The highest BCUT2D eigenvalue weighted by Gasteiger charge is 2.24. The Morgan fingerprint density at radius 2 is 2.13 bits per heavy atom. The number of hydrogen-bond donors (Lipinski definition) is 2. The molecule has 0 amide bonds. The normalized spacial score (nSPS) is 16.9. The summed E-state index contributed by atoms with van der Waals surface area (Å²) in [5.74, 6) is 1.35. The van der Waals surface area contributed by atoms with Crippen LogP contribution in [0.15, 0.2) is 35.7 Å². The van der Waals surface area contributed by atoms with Gasteiger partial charge in [-0.2, -0.15) is 9.97 Å². The van der Waals surface area contributed by atoms with Crippen LogP contribution in [0.2, 0.25) is 0 Å². The molecule has 0 bridgehead atoms. The van der Waals surface area contributed by atoms with Gasteiger partial charge in [-0.1, -0.05) is 31.2 Å². The fraction of sp³-hybridized carbons (Fsp3) is 0.571. The SMILES string of the molecule is C=CCn1c(C(/C=C\CCl)=C/CC)nc(N2CCC(NC(O)OCC)CC2)nc1=O. The van der Waals surface area contributed by atoms with Gasteiger partial charge in [-0.15, -0.1) is 18.2 Å². The topological polar surface area (TPSA) is 92.5 Å². The number of nitrogens with one attached hydrogen (secondary N) is 1. The second-order valence-corrected chi connectivity index (χ2v) is 7.20. The Morgan fingerprint density at radius 3 is 2.73 bits per heavy atom. The molecule has 9 heteroatoms. The number of aliphatic hydroxyl groups is 1. The smallest absolute Gasteiger partial charge is 0.352 e. The van der Waals surface area contributed by atoms with Crippen molar-refractivity contribution in [2.75, 3.05) is 30.5 Å². The van der Waals surface area contributed by atoms with Crippen molar-refractivity contribution in [3.05, 3.63) is 47.2 Å². The van der Waals surface area contributed by atoms with Gasteiger partial charge in [-0.25, -0.2) is 4.79 Å². The second-order valence-electron chi connectivity index (χ2n) is 6.89. The van der Waals surface area contributed by atoms with E-state index in [0.717, 1.165) is 24.8 Å². The third kappa shape index (κ3) is 6.77. The van der Waals surface area contributed by atoms with Crippen molar-refractivity contribution in [2.24, 2.45) is 0 Å². The Hall–Kier alpha value is -2.00. The first-order valence-corrected chi connectivity index (χ1v) is 10.9. The summed E-state index contributed by atoms with van der Waals surface area (Å²) in [6, 6.07) is 0.130. The largest absolute Gasteiger partial charge is 0.356 e. The number of hydrogen-bond acceptors (Lipinski definition) is 7. The average Bonchev–Trinajstić information content (AvgIpc) is 2.73. The number of anilines is 1. The van der Waals surface area contributed by atoms with Crippen LogP contribution < -0.4 is 15.9 Å². The molecule has 1 saturated heterocycles. The molecule has 166 valence electrons. The molecular formula is C21H32ClN5O3. The molecule has 30 heavy (non-hydrogen) atoms. The molecule has 2 rings (SSSR count). The van der Waals surface area contributed by atoms with E-state index >= 15 is 0 Å². The molecule has 1 unspecified atom stereocenters. The molecule has 2 heterocycles. The molecule has 1 fully saturated rings. The highest BCUT2D eigenvalue weighted by atomic mass is 35.5. The zero-order valence-corrected chi connectivity index (χ0v) is 18.5. The van der Waals surface area contributed by atoms with Crippen LogP contribution >= 0.6 is 11.6 Å². The number of aliphatic hydroxyl groups excluding tert-OH is 1. The Morgan fingerprint density at radius 1 is 1.40 bits per heavy atom. The van der Waals surface area contributed by atoms with Crippen molar-refractivity contribution in [3.8, 4) is 0 Å². The Bertz CT molecular complexity index is 800. The molecule has 2 N–H and O–H groups in total. The van der Waals surface area contributed by atoms with Gasteiger partial charge in [0.25, 0.3) is 0 Å². The number of rotatable bonds is 11. The van der Waals surface area contributed by atoms with Gasteiger partial charge < -0.3 is 14.7 Å². The van der Waals surface area contributed by atoms with Crippen LogP contribution in [0.25, 0.3) is 5.57 Å². The van der Waals surface area contributed by atoms with Gasteiger partial charge in [0.15, 0.2) is 0 Å². The minimum Gasteiger partial charge on any atom is -0.356 e. The Kier molecular flexibility index (Phi) is 10.2. The van der Waals surface area contributed by atoms with Crippen LogP contribution in [-0.4, -0.2) is 57.7 Å². The molecule has 1 aliphatic heterocycles. The monoisotopic (exact) mass is 437 g/mol. The zero-order valence-electron chi connectivity index (χ0n) is 17.8. The summed E-state index contributed by atoms with van der Waals surface area (Å²) in [6.07, 6.45) is 8.77. The lowest BCUT2D eigenvalue weighted by atomic mass is 10.1. The van der Waals surface area contributed by atoms with Crippen molar-refractivity contribution in [1.29, 1.82) is 0 Å². The first-order chi connectivity index (χ1) is 14.5. The van der Waals surface area contributed by atoms with Crippen LogP contribution in [0.1, 0.15) is 38.9 Å². The first-order valence-electron chi connectivity index (χ1n) is 10.4. The van der Waals surface area contributed by atoms with E-state index in [9.17, 15) is 9.90 Å². The number of ether oxygens (including phenoxy) is 1. The third-order valence-corrected chi connectivity index (χ3v) is 4.93. The predicted molar refractivity (Wildman–Crippen MR) is 121 cm³/mol. The summed E-state index contributed by atoms with van der Waals surface area (Å²) >= 11 is 5.82. The molecule has 8 nitrogen and oxygen atoms in total.